The Balaban J connectivity index is 1.43. The molecule has 0 spiro atoms. The number of aromatic nitrogens is 2. The maximum atomic E-state index is 6.08. The van der Waals surface area contributed by atoms with Crippen LogP contribution in [0.5, 0.6) is 0 Å². The van der Waals surface area contributed by atoms with Gasteiger partial charge in [-0.1, -0.05) is 24.3 Å². The number of fused-ring (bicyclic) bond motifs is 3. The number of piperidine rings is 3. The monoisotopic (exact) mass is 337 g/mol. The van der Waals surface area contributed by atoms with E-state index in [0.29, 0.717) is 11.6 Å². The van der Waals surface area contributed by atoms with Gasteiger partial charge in [-0.25, -0.2) is 9.97 Å². The molecule has 1 unspecified atom stereocenters. The van der Waals surface area contributed by atoms with Gasteiger partial charge < -0.3 is 16.0 Å². The van der Waals surface area contributed by atoms with E-state index >= 15 is 0 Å². The Morgan fingerprint density at radius 1 is 1.12 bits per heavy atom. The first-order chi connectivity index (χ1) is 12.1. The van der Waals surface area contributed by atoms with Crippen LogP contribution in [0.1, 0.15) is 41.4 Å². The second-order valence-corrected chi connectivity index (χ2v) is 7.46. The minimum atomic E-state index is 0.634. The van der Waals surface area contributed by atoms with Gasteiger partial charge in [-0.3, -0.25) is 0 Å². The SMILES string of the molecule is Cc1nc(C)c(N)c(NCc2ccc(C3CN4CCC3CC4)cc2)n1. The van der Waals surface area contributed by atoms with Gasteiger partial charge in [-0.05, 0) is 62.7 Å². The van der Waals surface area contributed by atoms with E-state index in [1.807, 2.05) is 13.8 Å². The molecular formula is C20H27N5. The van der Waals surface area contributed by atoms with Crippen molar-refractivity contribution in [2.24, 2.45) is 5.92 Å². The normalized spacial score (nSPS) is 25.1. The fourth-order valence-corrected chi connectivity index (χ4v) is 4.27. The number of benzene rings is 1. The molecule has 2 aromatic rings. The van der Waals surface area contributed by atoms with Gasteiger partial charge in [-0.15, -0.1) is 0 Å². The van der Waals surface area contributed by atoms with E-state index in [1.54, 1.807) is 0 Å². The molecule has 132 valence electrons. The fourth-order valence-electron chi connectivity index (χ4n) is 4.27. The average molecular weight is 337 g/mol. The molecule has 3 N–H and O–H groups in total. The zero-order valence-electron chi connectivity index (χ0n) is 15.1. The van der Waals surface area contributed by atoms with Gasteiger partial charge in [0.05, 0.1) is 11.4 Å². The lowest BCUT2D eigenvalue weighted by molar-refractivity contribution is 0.0871. The predicted octanol–water partition coefficient (Wildman–Crippen LogP) is 3.10. The maximum Gasteiger partial charge on any atom is 0.153 e. The number of nitrogens with one attached hydrogen (secondary N) is 1. The molecule has 1 atom stereocenters. The van der Waals surface area contributed by atoms with Gasteiger partial charge in [0, 0.05) is 13.1 Å². The Morgan fingerprint density at radius 3 is 2.48 bits per heavy atom. The summed E-state index contributed by atoms with van der Waals surface area (Å²) in [4.78, 5) is 11.3. The topological polar surface area (TPSA) is 67.1 Å². The largest absolute Gasteiger partial charge is 0.394 e. The minimum Gasteiger partial charge on any atom is -0.394 e. The standard InChI is InChI=1S/C20H27N5/c1-13-19(21)20(24-14(2)23-13)22-11-15-3-5-16(6-4-15)18-12-25-9-7-17(18)8-10-25/h3-6,17-18H,7-12,21H2,1-2H3,(H,22,23,24). The second kappa shape index (κ2) is 6.64. The van der Waals surface area contributed by atoms with Gasteiger partial charge >= 0.3 is 0 Å². The number of hydrogen-bond acceptors (Lipinski definition) is 5. The highest BCUT2D eigenvalue weighted by Gasteiger charge is 2.34. The van der Waals surface area contributed by atoms with Crippen LogP contribution < -0.4 is 11.1 Å². The van der Waals surface area contributed by atoms with Gasteiger partial charge in [-0.2, -0.15) is 0 Å². The molecule has 0 aliphatic carbocycles. The molecule has 3 aliphatic heterocycles. The summed E-state index contributed by atoms with van der Waals surface area (Å²) in [5.41, 5.74) is 10.3. The van der Waals surface area contributed by atoms with Crippen molar-refractivity contribution in [2.75, 3.05) is 30.7 Å². The smallest absolute Gasteiger partial charge is 0.153 e. The van der Waals surface area contributed by atoms with Crippen LogP contribution in [0.25, 0.3) is 0 Å². The molecule has 3 saturated heterocycles. The van der Waals surface area contributed by atoms with Gasteiger partial charge in [0.25, 0.3) is 0 Å². The fraction of sp³-hybridized carbons (Fsp3) is 0.500. The third-order valence-corrected chi connectivity index (χ3v) is 5.77. The first kappa shape index (κ1) is 16.3. The van der Waals surface area contributed by atoms with E-state index in [1.165, 1.54) is 43.6 Å². The summed E-state index contributed by atoms with van der Waals surface area (Å²) >= 11 is 0. The predicted molar refractivity (Wildman–Crippen MR) is 102 cm³/mol. The molecule has 25 heavy (non-hydrogen) atoms. The lowest BCUT2D eigenvalue weighted by Crippen LogP contribution is -2.46. The highest BCUT2D eigenvalue weighted by atomic mass is 15.1. The van der Waals surface area contributed by atoms with Crippen LogP contribution >= 0.6 is 0 Å². The second-order valence-electron chi connectivity index (χ2n) is 7.46. The molecule has 4 heterocycles. The highest BCUT2D eigenvalue weighted by molar-refractivity contribution is 5.63. The number of rotatable bonds is 4. The first-order valence-corrected chi connectivity index (χ1v) is 9.26. The van der Waals surface area contributed by atoms with Crippen LogP contribution in [0.4, 0.5) is 11.5 Å². The van der Waals surface area contributed by atoms with Crippen LogP contribution in [0, 0.1) is 19.8 Å². The Labute approximate surface area is 149 Å². The van der Waals surface area contributed by atoms with Crippen molar-refractivity contribution >= 4 is 11.5 Å². The summed E-state index contributed by atoms with van der Waals surface area (Å²) < 4.78 is 0. The molecule has 3 aliphatic rings. The third kappa shape index (κ3) is 3.33. The number of nitrogens with zero attached hydrogens (tertiary/aromatic N) is 3. The molecule has 2 bridgehead atoms. The molecule has 1 aromatic carbocycles. The number of anilines is 2. The highest BCUT2D eigenvalue weighted by Crippen LogP contribution is 2.38. The molecular weight excluding hydrogens is 310 g/mol. The Hall–Kier alpha value is -2.14. The number of aryl methyl sites for hydroxylation is 2. The van der Waals surface area contributed by atoms with Gasteiger partial charge in [0.1, 0.15) is 5.82 Å². The summed E-state index contributed by atoms with van der Waals surface area (Å²) in [5.74, 6) is 3.06. The lowest BCUT2D eigenvalue weighted by atomic mass is 9.75. The quantitative estimate of drug-likeness (QED) is 0.897. The summed E-state index contributed by atoms with van der Waals surface area (Å²) in [6, 6.07) is 9.08. The van der Waals surface area contributed by atoms with Crippen LogP contribution in [0.15, 0.2) is 24.3 Å². The number of nitrogen functional groups attached to an aromatic ring is 1. The van der Waals surface area contributed by atoms with Crippen molar-refractivity contribution in [1.29, 1.82) is 0 Å². The van der Waals surface area contributed by atoms with Crippen LogP contribution in [0.3, 0.4) is 0 Å². The van der Waals surface area contributed by atoms with Crippen molar-refractivity contribution in [2.45, 2.75) is 39.2 Å². The lowest BCUT2D eigenvalue weighted by Gasteiger charge is -2.45. The molecule has 3 fully saturated rings. The summed E-state index contributed by atoms with van der Waals surface area (Å²) in [5, 5.41) is 3.35. The molecule has 5 rings (SSSR count). The Bertz CT molecular complexity index is 747. The molecule has 0 radical (unpaired) electrons. The van der Waals surface area contributed by atoms with Crippen LogP contribution in [-0.4, -0.2) is 34.5 Å². The molecule has 0 amide bonds. The number of nitrogens with two attached hydrogens (primary N) is 1. The zero-order chi connectivity index (χ0) is 17.4. The van der Waals surface area contributed by atoms with E-state index < -0.39 is 0 Å². The van der Waals surface area contributed by atoms with Crippen molar-refractivity contribution in [1.82, 2.24) is 14.9 Å². The number of hydrogen-bond donors (Lipinski definition) is 2. The van der Waals surface area contributed by atoms with E-state index in [2.05, 4.69) is 44.5 Å². The van der Waals surface area contributed by atoms with Crippen molar-refractivity contribution in [3.8, 4) is 0 Å². The Morgan fingerprint density at radius 2 is 1.84 bits per heavy atom. The molecule has 5 heteroatoms. The van der Waals surface area contributed by atoms with E-state index in [0.717, 1.165) is 29.8 Å². The van der Waals surface area contributed by atoms with Crippen molar-refractivity contribution in [3.05, 3.63) is 46.9 Å². The molecule has 0 saturated carbocycles. The van der Waals surface area contributed by atoms with Gasteiger partial charge in [0.2, 0.25) is 0 Å². The minimum absolute atomic E-state index is 0.634. The van der Waals surface area contributed by atoms with E-state index in [4.69, 9.17) is 5.73 Å². The third-order valence-electron chi connectivity index (χ3n) is 5.77. The zero-order valence-corrected chi connectivity index (χ0v) is 15.1. The van der Waals surface area contributed by atoms with Crippen molar-refractivity contribution < 1.29 is 0 Å². The summed E-state index contributed by atoms with van der Waals surface area (Å²) in [6.07, 6.45) is 2.72. The summed E-state index contributed by atoms with van der Waals surface area (Å²) in [6.45, 7) is 8.35. The Kier molecular flexibility index (Phi) is 4.34. The van der Waals surface area contributed by atoms with Gasteiger partial charge in [0.15, 0.2) is 5.82 Å². The van der Waals surface area contributed by atoms with Crippen LogP contribution in [0.2, 0.25) is 0 Å². The molecule has 5 nitrogen and oxygen atoms in total. The summed E-state index contributed by atoms with van der Waals surface area (Å²) in [7, 11) is 0. The first-order valence-electron chi connectivity index (χ1n) is 9.26. The maximum absolute atomic E-state index is 6.08. The average Bonchev–Trinajstić information content (AvgIpc) is 2.65. The van der Waals surface area contributed by atoms with Crippen molar-refractivity contribution in [3.63, 3.8) is 0 Å². The molecule has 1 aromatic heterocycles. The van der Waals surface area contributed by atoms with E-state index in [-0.39, 0.29) is 0 Å². The van der Waals surface area contributed by atoms with E-state index in [9.17, 15) is 0 Å². The van der Waals surface area contributed by atoms with Crippen LogP contribution in [-0.2, 0) is 6.54 Å².